The van der Waals surface area contributed by atoms with E-state index in [-0.39, 0.29) is 0 Å². The molecule has 14 heavy (non-hydrogen) atoms. The molecule has 0 aromatic carbocycles. The van der Waals surface area contributed by atoms with Crippen LogP contribution in [-0.2, 0) is 0 Å². The molecule has 0 aromatic rings. The molecule has 0 nitrogen and oxygen atoms in total. The van der Waals surface area contributed by atoms with E-state index in [1.54, 1.807) is 5.57 Å². The first-order chi connectivity index (χ1) is 6.86. The van der Waals surface area contributed by atoms with Crippen LogP contribution in [0.5, 0.6) is 0 Å². The van der Waals surface area contributed by atoms with Crippen LogP contribution < -0.4 is 0 Å². The molecule has 0 N–H and O–H groups in total. The van der Waals surface area contributed by atoms with Gasteiger partial charge in [-0.25, -0.2) is 0 Å². The molecule has 0 radical (unpaired) electrons. The Bertz CT molecular complexity index is 199. The Kier molecular flexibility index (Phi) is 3.92. The Balaban J connectivity index is 1.97. The van der Waals surface area contributed by atoms with Gasteiger partial charge in [0.2, 0.25) is 0 Å². The largest absolute Gasteiger partial charge is 0.118 e. The predicted octanol–water partition coefficient (Wildman–Crippen LogP) is 4.67. The van der Waals surface area contributed by atoms with Crippen LogP contribution in [-0.4, -0.2) is 5.38 Å². The van der Waals surface area contributed by atoms with Crippen molar-refractivity contribution in [3.63, 3.8) is 0 Å². The molecule has 2 aliphatic carbocycles. The lowest BCUT2D eigenvalue weighted by molar-refractivity contribution is 0.492. The van der Waals surface area contributed by atoms with Crippen molar-refractivity contribution in [2.24, 2.45) is 5.92 Å². The lowest BCUT2D eigenvalue weighted by atomic mass is 9.84. The first kappa shape index (κ1) is 10.5. The molecule has 1 fully saturated rings. The Morgan fingerprint density at radius 2 is 1.64 bits per heavy atom. The van der Waals surface area contributed by atoms with Crippen molar-refractivity contribution in [2.75, 3.05) is 0 Å². The van der Waals surface area contributed by atoms with Gasteiger partial charge in [-0.1, -0.05) is 37.3 Å². The Morgan fingerprint density at radius 3 is 2.29 bits per heavy atom. The summed E-state index contributed by atoms with van der Waals surface area (Å²) in [5.74, 6) is 0.888. The minimum absolute atomic E-state index is 0.335. The van der Waals surface area contributed by atoms with Gasteiger partial charge in [-0.3, -0.25) is 0 Å². The minimum Gasteiger partial charge on any atom is -0.118 e. The summed E-state index contributed by atoms with van der Waals surface area (Å²) in [5, 5.41) is 0.335. The summed E-state index contributed by atoms with van der Waals surface area (Å²) in [5.41, 5.74) is 1.69. The van der Waals surface area contributed by atoms with E-state index in [4.69, 9.17) is 11.6 Å². The van der Waals surface area contributed by atoms with E-state index in [9.17, 15) is 0 Å². The summed E-state index contributed by atoms with van der Waals surface area (Å²) in [4.78, 5) is 0. The van der Waals surface area contributed by atoms with E-state index in [1.807, 2.05) is 0 Å². The quantitative estimate of drug-likeness (QED) is 0.337. The molecule has 1 saturated carbocycles. The smallest absolute Gasteiger partial charge is 0.0518 e. The van der Waals surface area contributed by atoms with E-state index in [2.05, 4.69) is 6.08 Å². The van der Waals surface area contributed by atoms with Crippen LogP contribution >= 0.6 is 11.6 Å². The maximum atomic E-state index is 6.20. The van der Waals surface area contributed by atoms with Crippen molar-refractivity contribution >= 4 is 11.6 Å². The van der Waals surface area contributed by atoms with E-state index >= 15 is 0 Å². The zero-order valence-corrected chi connectivity index (χ0v) is 9.73. The number of hydrogen-bond donors (Lipinski definition) is 0. The molecule has 2 rings (SSSR count). The standard InChI is InChI=1S/C13H21Cl/c14-13-9-5-8-12(10-13)11-6-3-1-2-4-7-11/h10-11,13H,1-9H2. The molecular weight excluding hydrogens is 192 g/mol. The van der Waals surface area contributed by atoms with Crippen molar-refractivity contribution in [3.8, 4) is 0 Å². The highest BCUT2D eigenvalue weighted by Crippen LogP contribution is 2.34. The first-order valence-electron chi connectivity index (χ1n) is 6.21. The van der Waals surface area contributed by atoms with Gasteiger partial charge in [-0.15, -0.1) is 11.6 Å². The van der Waals surface area contributed by atoms with Gasteiger partial charge < -0.3 is 0 Å². The lowest BCUT2D eigenvalue weighted by Crippen LogP contribution is -2.11. The summed E-state index contributed by atoms with van der Waals surface area (Å²) in [6.45, 7) is 0. The van der Waals surface area contributed by atoms with E-state index in [0.29, 0.717) is 5.38 Å². The Labute approximate surface area is 92.7 Å². The number of halogens is 1. The summed E-state index contributed by atoms with van der Waals surface area (Å²) >= 11 is 6.20. The molecule has 0 amide bonds. The van der Waals surface area contributed by atoms with Gasteiger partial charge in [0.25, 0.3) is 0 Å². The molecule has 2 aliphatic rings. The summed E-state index contributed by atoms with van der Waals surface area (Å²) in [7, 11) is 0. The number of allylic oxidation sites excluding steroid dienone is 2. The molecule has 0 heterocycles. The average Bonchev–Trinajstić information content (AvgIpc) is 2.45. The van der Waals surface area contributed by atoms with Crippen molar-refractivity contribution in [3.05, 3.63) is 11.6 Å². The predicted molar refractivity (Wildman–Crippen MR) is 62.8 cm³/mol. The SMILES string of the molecule is ClC1C=C(C2CCCCCC2)CCC1. The van der Waals surface area contributed by atoms with Gasteiger partial charge in [0.05, 0.1) is 5.38 Å². The van der Waals surface area contributed by atoms with Gasteiger partial charge in [0, 0.05) is 0 Å². The summed E-state index contributed by atoms with van der Waals surface area (Å²) in [6.07, 6.45) is 14.8. The summed E-state index contributed by atoms with van der Waals surface area (Å²) in [6, 6.07) is 0. The molecule has 80 valence electrons. The van der Waals surface area contributed by atoms with Crippen molar-refractivity contribution in [1.29, 1.82) is 0 Å². The van der Waals surface area contributed by atoms with Crippen LogP contribution in [0, 0.1) is 5.92 Å². The van der Waals surface area contributed by atoms with Crippen molar-refractivity contribution < 1.29 is 0 Å². The fraction of sp³-hybridized carbons (Fsp3) is 0.846. The van der Waals surface area contributed by atoms with Crippen LogP contribution in [0.15, 0.2) is 11.6 Å². The van der Waals surface area contributed by atoms with Gasteiger partial charge in [-0.2, -0.15) is 0 Å². The highest BCUT2D eigenvalue weighted by Gasteiger charge is 2.20. The average molecular weight is 213 g/mol. The molecule has 0 aliphatic heterocycles. The molecule has 0 spiro atoms. The number of rotatable bonds is 1. The van der Waals surface area contributed by atoms with E-state index < -0.39 is 0 Å². The van der Waals surface area contributed by atoms with E-state index in [1.165, 1.54) is 57.8 Å². The minimum atomic E-state index is 0.335. The monoisotopic (exact) mass is 212 g/mol. The third-order valence-corrected chi connectivity index (χ3v) is 4.06. The molecule has 1 unspecified atom stereocenters. The van der Waals surface area contributed by atoms with Gasteiger partial charge in [0.15, 0.2) is 0 Å². The zero-order chi connectivity index (χ0) is 9.80. The van der Waals surface area contributed by atoms with Gasteiger partial charge in [0.1, 0.15) is 0 Å². The van der Waals surface area contributed by atoms with Crippen LogP contribution in [0.25, 0.3) is 0 Å². The highest BCUT2D eigenvalue weighted by atomic mass is 35.5. The molecule has 1 atom stereocenters. The zero-order valence-electron chi connectivity index (χ0n) is 8.97. The van der Waals surface area contributed by atoms with Crippen LogP contribution in [0.4, 0.5) is 0 Å². The van der Waals surface area contributed by atoms with Crippen LogP contribution in [0.3, 0.4) is 0 Å². The van der Waals surface area contributed by atoms with E-state index in [0.717, 1.165) is 5.92 Å². The van der Waals surface area contributed by atoms with Crippen LogP contribution in [0.1, 0.15) is 57.8 Å². The second-order valence-corrected chi connectivity index (χ2v) is 5.40. The fourth-order valence-corrected chi connectivity index (χ4v) is 3.21. The molecular formula is C13H21Cl. The van der Waals surface area contributed by atoms with Gasteiger partial charge >= 0.3 is 0 Å². The Morgan fingerprint density at radius 1 is 0.929 bits per heavy atom. The normalized spacial score (nSPS) is 30.9. The maximum absolute atomic E-state index is 6.20. The second-order valence-electron chi connectivity index (χ2n) is 4.84. The number of alkyl halides is 1. The van der Waals surface area contributed by atoms with Crippen molar-refractivity contribution in [1.82, 2.24) is 0 Å². The third kappa shape index (κ3) is 2.76. The van der Waals surface area contributed by atoms with Gasteiger partial charge in [-0.05, 0) is 38.0 Å². The lowest BCUT2D eigenvalue weighted by Gasteiger charge is -2.23. The Hall–Kier alpha value is 0.0300. The molecule has 0 bridgehead atoms. The molecule has 0 aromatic heterocycles. The molecule has 1 heteroatoms. The molecule has 0 saturated heterocycles. The number of hydrogen-bond acceptors (Lipinski definition) is 0. The fourth-order valence-electron chi connectivity index (χ4n) is 2.89. The van der Waals surface area contributed by atoms with Crippen molar-refractivity contribution in [2.45, 2.75) is 63.2 Å². The summed E-state index contributed by atoms with van der Waals surface area (Å²) < 4.78 is 0. The first-order valence-corrected chi connectivity index (χ1v) is 6.64. The highest BCUT2D eigenvalue weighted by molar-refractivity contribution is 6.21. The maximum Gasteiger partial charge on any atom is 0.0518 e. The third-order valence-electron chi connectivity index (χ3n) is 3.72. The van der Waals surface area contributed by atoms with Crippen LogP contribution in [0.2, 0.25) is 0 Å². The topological polar surface area (TPSA) is 0 Å². The second kappa shape index (κ2) is 5.21.